The van der Waals surface area contributed by atoms with Crippen LogP contribution in [0.2, 0.25) is 0 Å². The zero-order valence-electron chi connectivity index (χ0n) is 19.6. The van der Waals surface area contributed by atoms with Gasteiger partial charge in [0.2, 0.25) is 0 Å². The van der Waals surface area contributed by atoms with Crippen LogP contribution in [-0.4, -0.2) is 68.8 Å². The molecule has 1 unspecified atom stereocenters. The van der Waals surface area contributed by atoms with Crippen LogP contribution >= 0.6 is 11.6 Å². The predicted octanol–water partition coefficient (Wildman–Crippen LogP) is 1.08. The molecule has 3 fully saturated rings. The van der Waals surface area contributed by atoms with Crippen LogP contribution in [0.15, 0.2) is 24.3 Å². The molecular formula is C24H29ClO9. The molecular weight excluding hydrogens is 468 g/mol. The third-order valence-corrected chi connectivity index (χ3v) is 8.77. The lowest BCUT2D eigenvalue weighted by Gasteiger charge is -2.46. The van der Waals surface area contributed by atoms with Crippen molar-refractivity contribution in [1.29, 1.82) is 0 Å². The zero-order chi connectivity index (χ0) is 25.5. The highest BCUT2D eigenvalue weighted by Crippen LogP contribution is 2.74. The highest BCUT2D eigenvalue weighted by Gasteiger charge is 2.83. The summed E-state index contributed by atoms with van der Waals surface area (Å²) >= 11 is 6.68. The first-order valence-electron chi connectivity index (χ1n) is 11.2. The minimum absolute atomic E-state index is 0.134. The Bertz CT molecular complexity index is 1020. The smallest absolute Gasteiger partial charge is 0.312 e. The second-order valence-electron chi connectivity index (χ2n) is 10.2. The first-order chi connectivity index (χ1) is 15.6. The number of ketones is 1. The molecule has 1 heterocycles. The number of esters is 3. The standard InChI is InChI=1S/C24H29ClO9/c1-9-14(32-11(3)26)8-7-13-15-18(28)23(6,30)17(22(13,15)5)20(33-12(4)27)24(31)10(2)21(29)34-19(24)16(9)25/h7-8,10,13-17,19-20,30-31H,1H2,2-6H3/b8-7+/t10-,13-,14-,15-,16-,17+,19-,20?,22-,23-,24-/m0/s1. The Hall–Kier alpha value is -2.23. The largest absolute Gasteiger partial charge is 0.459 e. The summed E-state index contributed by atoms with van der Waals surface area (Å²) < 4.78 is 16.5. The summed E-state index contributed by atoms with van der Waals surface area (Å²) in [7, 11) is 0. The Balaban J connectivity index is 1.96. The minimum Gasteiger partial charge on any atom is -0.459 e. The van der Waals surface area contributed by atoms with Crippen molar-refractivity contribution in [1.82, 2.24) is 0 Å². The van der Waals surface area contributed by atoms with E-state index in [4.69, 9.17) is 25.8 Å². The summed E-state index contributed by atoms with van der Waals surface area (Å²) in [5.41, 5.74) is -4.97. The summed E-state index contributed by atoms with van der Waals surface area (Å²) in [5, 5.41) is 22.2. The number of hydrogen-bond acceptors (Lipinski definition) is 9. The van der Waals surface area contributed by atoms with E-state index in [1.54, 1.807) is 19.1 Å². The lowest BCUT2D eigenvalue weighted by molar-refractivity contribution is -0.208. The fraction of sp³-hybridized carbons (Fsp3) is 0.667. The van der Waals surface area contributed by atoms with Crippen LogP contribution in [0.4, 0.5) is 0 Å². The number of allylic oxidation sites excluding steroid dienone is 1. The van der Waals surface area contributed by atoms with Gasteiger partial charge in [-0.2, -0.15) is 0 Å². The van der Waals surface area contributed by atoms with Gasteiger partial charge in [0.25, 0.3) is 0 Å². The van der Waals surface area contributed by atoms with Gasteiger partial charge in [-0.3, -0.25) is 19.2 Å². The van der Waals surface area contributed by atoms with Gasteiger partial charge in [-0.25, -0.2) is 0 Å². The molecule has 0 aromatic heterocycles. The lowest BCUT2D eigenvalue weighted by atomic mass is 9.66. The number of halogens is 1. The fourth-order valence-corrected chi connectivity index (χ4v) is 6.86. The van der Waals surface area contributed by atoms with Crippen molar-refractivity contribution in [3.05, 3.63) is 24.3 Å². The van der Waals surface area contributed by atoms with Gasteiger partial charge in [0.1, 0.15) is 17.8 Å². The highest BCUT2D eigenvalue weighted by molar-refractivity contribution is 6.23. The summed E-state index contributed by atoms with van der Waals surface area (Å²) in [6.07, 6.45) is -0.744. The fourth-order valence-electron chi connectivity index (χ4n) is 6.48. The van der Waals surface area contributed by atoms with Crippen molar-refractivity contribution in [3.8, 4) is 0 Å². The van der Waals surface area contributed by atoms with Crippen molar-refractivity contribution < 1.29 is 43.6 Å². The van der Waals surface area contributed by atoms with E-state index in [1.807, 2.05) is 0 Å². The van der Waals surface area contributed by atoms with Crippen molar-refractivity contribution >= 4 is 35.3 Å². The van der Waals surface area contributed by atoms with Gasteiger partial charge in [0.15, 0.2) is 17.5 Å². The number of alkyl halides is 1. The van der Waals surface area contributed by atoms with Gasteiger partial charge in [0.05, 0.1) is 11.3 Å². The molecule has 0 aromatic carbocycles. The van der Waals surface area contributed by atoms with E-state index in [2.05, 4.69) is 6.58 Å². The van der Waals surface area contributed by atoms with Gasteiger partial charge >= 0.3 is 17.9 Å². The van der Waals surface area contributed by atoms with E-state index in [0.717, 1.165) is 6.92 Å². The monoisotopic (exact) mass is 496 g/mol. The highest BCUT2D eigenvalue weighted by atomic mass is 35.5. The number of carbonyl (C=O) groups is 4. The van der Waals surface area contributed by atoms with Crippen LogP contribution in [0.1, 0.15) is 34.6 Å². The Morgan fingerprint density at radius 1 is 1.12 bits per heavy atom. The van der Waals surface area contributed by atoms with Crippen LogP contribution in [0, 0.1) is 29.1 Å². The quantitative estimate of drug-likeness (QED) is 0.249. The molecule has 0 bridgehead atoms. The Morgan fingerprint density at radius 3 is 2.26 bits per heavy atom. The van der Waals surface area contributed by atoms with Crippen molar-refractivity contribution in [2.45, 2.75) is 69.5 Å². The lowest BCUT2D eigenvalue weighted by Crippen LogP contribution is -2.64. The maximum atomic E-state index is 13.3. The van der Waals surface area contributed by atoms with Crippen molar-refractivity contribution in [2.24, 2.45) is 29.1 Å². The maximum Gasteiger partial charge on any atom is 0.312 e. The van der Waals surface area contributed by atoms with Crippen LogP contribution in [0.3, 0.4) is 0 Å². The SMILES string of the molecule is C=C1[C@@H](OC(C)=O)/C=C/[C@H]2[C@H]3C(=O)[C@@](C)(O)[C@H](C(OC(C)=O)[C@]4(O)[C@@H](C)C(=O)O[C@H]4[C@H]1Cl)[C@]32C. The van der Waals surface area contributed by atoms with Gasteiger partial charge in [-0.05, 0) is 36.8 Å². The molecule has 10 heteroatoms. The van der Waals surface area contributed by atoms with Gasteiger partial charge < -0.3 is 24.4 Å². The zero-order valence-corrected chi connectivity index (χ0v) is 20.4. The maximum absolute atomic E-state index is 13.3. The molecule has 2 N–H and O–H groups in total. The number of fused-ring (bicyclic) bond motifs is 2. The molecule has 4 rings (SSSR count). The van der Waals surface area contributed by atoms with Crippen LogP contribution in [0.25, 0.3) is 0 Å². The molecule has 1 aliphatic heterocycles. The van der Waals surface area contributed by atoms with Crippen LogP contribution in [0.5, 0.6) is 0 Å². The molecule has 11 atom stereocenters. The minimum atomic E-state index is -2.22. The summed E-state index contributed by atoms with van der Waals surface area (Å²) in [6.45, 7) is 10.8. The molecule has 0 spiro atoms. The predicted molar refractivity (Wildman–Crippen MR) is 117 cm³/mol. The van der Waals surface area contributed by atoms with E-state index in [9.17, 15) is 29.4 Å². The molecule has 0 radical (unpaired) electrons. The van der Waals surface area contributed by atoms with E-state index >= 15 is 0 Å². The third kappa shape index (κ3) is 3.13. The van der Waals surface area contributed by atoms with E-state index in [1.165, 1.54) is 20.8 Å². The van der Waals surface area contributed by atoms with E-state index < -0.39 is 87.7 Å². The molecule has 1 saturated heterocycles. The second-order valence-corrected chi connectivity index (χ2v) is 10.7. The Labute approximate surface area is 202 Å². The topological polar surface area (TPSA) is 136 Å². The number of aliphatic hydroxyl groups is 2. The average Bonchev–Trinajstić information content (AvgIpc) is 3.18. The summed E-state index contributed by atoms with van der Waals surface area (Å²) in [5.74, 6) is -5.98. The van der Waals surface area contributed by atoms with Gasteiger partial charge in [-0.1, -0.05) is 19.6 Å². The van der Waals surface area contributed by atoms with Gasteiger partial charge in [0, 0.05) is 25.7 Å². The molecule has 4 aliphatic rings. The first-order valence-corrected chi connectivity index (χ1v) is 11.6. The van der Waals surface area contributed by atoms with Crippen LogP contribution < -0.4 is 0 Å². The normalized spacial score (nSPS) is 50.4. The summed E-state index contributed by atoms with van der Waals surface area (Å²) in [4.78, 5) is 49.9. The Kier molecular flexibility index (Phi) is 5.59. The molecule has 34 heavy (non-hydrogen) atoms. The molecule has 9 nitrogen and oxygen atoms in total. The van der Waals surface area contributed by atoms with E-state index in [-0.39, 0.29) is 5.57 Å². The number of carbonyl (C=O) groups excluding carboxylic acids is 4. The van der Waals surface area contributed by atoms with Crippen molar-refractivity contribution in [2.75, 3.05) is 0 Å². The molecule has 0 aromatic rings. The third-order valence-electron chi connectivity index (χ3n) is 8.26. The first kappa shape index (κ1) is 24.9. The molecule has 186 valence electrons. The van der Waals surface area contributed by atoms with Crippen LogP contribution in [-0.2, 0) is 33.4 Å². The molecule has 2 saturated carbocycles. The summed E-state index contributed by atoms with van der Waals surface area (Å²) in [6, 6.07) is 0. The number of hydrogen-bond donors (Lipinski definition) is 2. The van der Waals surface area contributed by atoms with E-state index in [0.29, 0.717) is 0 Å². The van der Waals surface area contributed by atoms with Gasteiger partial charge in [-0.15, -0.1) is 11.6 Å². The molecule has 3 aliphatic carbocycles. The second kappa shape index (κ2) is 7.63. The van der Waals surface area contributed by atoms with Crippen molar-refractivity contribution in [3.63, 3.8) is 0 Å². The molecule has 0 amide bonds. The Morgan fingerprint density at radius 2 is 1.71 bits per heavy atom. The average molecular weight is 497 g/mol. The number of Topliss-reactive ketones (excluding diaryl/α,β-unsaturated/α-hetero) is 1. The number of rotatable bonds is 2. The number of ether oxygens (including phenoxy) is 3.